The van der Waals surface area contributed by atoms with Crippen molar-refractivity contribution in [3.8, 4) is 0 Å². The van der Waals surface area contributed by atoms with Crippen LogP contribution in [0.4, 0.5) is 23.2 Å². The molecule has 0 unspecified atom stereocenters. The third kappa shape index (κ3) is 10.1. The Kier molecular flexibility index (Phi) is 11.9. The molecule has 12 heteroatoms. The number of alkyl halides is 3. The molecule has 0 aliphatic carbocycles. The number of nitrogens with one attached hydrogen (secondary N) is 1. The molecule has 44 heavy (non-hydrogen) atoms. The molecule has 3 rings (SSSR count). The zero-order valence-corrected chi connectivity index (χ0v) is 25.7. The molecule has 0 saturated heterocycles. The Morgan fingerprint density at radius 1 is 0.932 bits per heavy atom. The van der Waals surface area contributed by atoms with Crippen LogP contribution in [0.3, 0.4) is 0 Å². The molecule has 2 amide bonds. The summed E-state index contributed by atoms with van der Waals surface area (Å²) in [5.74, 6) is -1.38. The van der Waals surface area contributed by atoms with Crippen molar-refractivity contribution in [2.45, 2.75) is 51.9 Å². The predicted octanol–water partition coefficient (Wildman–Crippen LogP) is 5.80. The van der Waals surface area contributed by atoms with Crippen molar-refractivity contribution in [1.29, 1.82) is 0 Å². The maximum atomic E-state index is 14.8. The van der Waals surface area contributed by atoms with Gasteiger partial charge in [-0.1, -0.05) is 68.4 Å². The molecule has 0 aliphatic rings. The van der Waals surface area contributed by atoms with Gasteiger partial charge in [0.25, 0.3) is 0 Å². The minimum atomic E-state index is -4.67. The van der Waals surface area contributed by atoms with Gasteiger partial charge in [-0.05, 0) is 42.2 Å². The first-order chi connectivity index (χ1) is 20.7. The highest BCUT2D eigenvalue weighted by atomic mass is 32.2. The van der Waals surface area contributed by atoms with Gasteiger partial charge in [0.05, 0.1) is 17.5 Å². The molecule has 238 valence electrons. The molecule has 0 spiro atoms. The lowest BCUT2D eigenvalue weighted by atomic mass is 10.0. The topological polar surface area (TPSA) is 86.8 Å². The number of carbonyl (C=O) groups excluding carboxylic acids is 2. The third-order valence-corrected chi connectivity index (χ3v) is 8.06. The number of nitrogens with zero attached hydrogens (tertiary/aromatic N) is 2. The van der Waals surface area contributed by atoms with Crippen molar-refractivity contribution in [2.75, 3.05) is 23.7 Å². The fourth-order valence-corrected chi connectivity index (χ4v) is 5.59. The number of hydrogen-bond donors (Lipinski definition) is 1. The number of sulfonamides is 1. The second-order valence-corrected chi connectivity index (χ2v) is 12.9. The zero-order chi connectivity index (χ0) is 32.5. The number of anilines is 1. The summed E-state index contributed by atoms with van der Waals surface area (Å²) >= 11 is 0. The van der Waals surface area contributed by atoms with Crippen LogP contribution in [-0.4, -0.2) is 50.5 Å². The fourth-order valence-electron chi connectivity index (χ4n) is 4.63. The number of amides is 2. The molecular formula is C32H37F4N3O4S. The molecular weight excluding hydrogens is 598 g/mol. The Balaban J connectivity index is 1.90. The monoisotopic (exact) mass is 635 g/mol. The van der Waals surface area contributed by atoms with Crippen molar-refractivity contribution in [2.24, 2.45) is 5.92 Å². The molecule has 3 aromatic carbocycles. The lowest BCUT2D eigenvalue weighted by molar-refractivity contribution is -0.141. The van der Waals surface area contributed by atoms with Crippen LogP contribution in [0, 0.1) is 11.7 Å². The highest BCUT2D eigenvalue weighted by Crippen LogP contribution is 2.32. The lowest BCUT2D eigenvalue weighted by Crippen LogP contribution is -2.51. The molecule has 0 fully saturated rings. The second kappa shape index (κ2) is 15.2. The van der Waals surface area contributed by atoms with Gasteiger partial charge < -0.3 is 10.2 Å². The fraction of sp³-hybridized carbons (Fsp3) is 0.375. The molecule has 1 N–H and O–H groups in total. The van der Waals surface area contributed by atoms with Crippen molar-refractivity contribution in [3.05, 3.63) is 101 Å². The van der Waals surface area contributed by atoms with Crippen molar-refractivity contribution >= 4 is 27.5 Å². The summed E-state index contributed by atoms with van der Waals surface area (Å²) in [6.07, 6.45) is -3.98. The number of carbonyl (C=O) groups is 2. The maximum Gasteiger partial charge on any atom is 0.416 e. The Bertz CT molecular complexity index is 1520. The zero-order valence-electron chi connectivity index (χ0n) is 24.9. The summed E-state index contributed by atoms with van der Waals surface area (Å²) in [5, 5.41) is 2.87. The highest BCUT2D eigenvalue weighted by molar-refractivity contribution is 7.92. The van der Waals surface area contributed by atoms with E-state index in [-0.39, 0.29) is 49.5 Å². The Morgan fingerprint density at radius 3 is 2.20 bits per heavy atom. The van der Waals surface area contributed by atoms with Gasteiger partial charge in [0, 0.05) is 38.0 Å². The quantitative estimate of drug-likeness (QED) is 0.227. The first-order valence-electron chi connectivity index (χ1n) is 14.2. The number of halogens is 4. The van der Waals surface area contributed by atoms with E-state index < -0.39 is 45.4 Å². The van der Waals surface area contributed by atoms with E-state index in [0.29, 0.717) is 6.54 Å². The van der Waals surface area contributed by atoms with Crippen LogP contribution in [0.1, 0.15) is 43.4 Å². The van der Waals surface area contributed by atoms with Gasteiger partial charge in [-0.3, -0.25) is 13.9 Å². The van der Waals surface area contributed by atoms with Gasteiger partial charge in [-0.2, -0.15) is 13.2 Å². The molecule has 1 atom stereocenters. The van der Waals surface area contributed by atoms with Gasteiger partial charge in [0.15, 0.2) is 0 Å². The van der Waals surface area contributed by atoms with Gasteiger partial charge in [0.1, 0.15) is 11.9 Å². The molecule has 0 aromatic heterocycles. The van der Waals surface area contributed by atoms with E-state index in [1.807, 2.05) is 32.0 Å². The Morgan fingerprint density at radius 2 is 1.59 bits per heavy atom. The average Bonchev–Trinajstić information content (AvgIpc) is 2.96. The van der Waals surface area contributed by atoms with Crippen LogP contribution in [-0.2, 0) is 38.8 Å². The van der Waals surface area contributed by atoms with Crippen molar-refractivity contribution < 1.29 is 35.6 Å². The number of benzene rings is 3. The van der Waals surface area contributed by atoms with E-state index in [1.165, 1.54) is 29.2 Å². The van der Waals surface area contributed by atoms with Crippen molar-refractivity contribution in [3.63, 3.8) is 0 Å². The summed E-state index contributed by atoms with van der Waals surface area (Å²) in [4.78, 5) is 28.6. The second-order valence-electron chi connectivity index (χ2n) is 10.9. The molecule has 7 nitrogen and oxygen atoms in total. The molecule has 0 saturated carbocycles. The van der Waals surface area contributed by atoms with Crippen LogP contribution in [0.15, 0.2) is 78.9 Å². The normalized spacial score (nSPS) is 12.5. The predicted molar refractivity (Wildman–Crippen MR) is 162 cm³/mol. The largest absolute Gasteiger partial charge is 0.416 e. The van der Waals surface area contributed by atoms with E-state index in [0.717, 1.165) is 34.3 Å². The van der Waals surface area contributed by atoms with Crippen molar-refractivity contribution in [1.82, 2.24) is 10.2 Å². The smallest absolute Gasteiger partial charge is 0.354 e. The molecule has 3 aromatic rings. The SMILES string of the molecule is CC(C)CNC(=O)[C@H](Cc1ccccc1)N(Cc1ccccc1F)C(=O)CCCN(c1cccc(C(F)(F)F)c1)S(C)(=O)=O. The molecule has 0 aliphatic heterocycles. The maximum absolute atomic E-state index is 14.8. The van der Waals surface area contributed by atoms with E-state index in [2.05, 4.69) is 5.32 Å². The van der Waals surface area contributed by atoms with Gasteiger partial charge in [0.2, 0.25) is 21.8 Å². The molecule has 0 radical (unpaired) electrons. The summed E-state index contributed by atoms with van der Waals surface area (Å²) in [6, 6.07) is 17.9. The summed E-state index contributed by atoms with van der Waals surface area (Å²) < 4.78 is 80.6. The Hall–Kier alpha value is -3.93. The van der Waals surface area contributed by atoms with Crippen LogP contribution in [0.5, 0.6) is 0 Å². The summed E-state index contributed by atoms with van der Waals surface area (Å²) in [7, 11) is -4.01. The first kappa shape index (κ1) is 34.6. The van der Waals surface area contributed by atoms with Crippen LogP contribution in [0.2, 0.25) is 0 Å². The minimum Gasteiger partial charge on any atom is -0.354 e. The standard InChI is InChI=1S/C32H37F4N3O4S/c1-23(2)21-37-31(41)29(19-24-11-5-4-6-12-24)38(22-25-13-7-8-16-28(25)33)30(40)17-10-18-39(44(3,42)43)27-15-9-14-26(20-27)32(34,35)36/h4-9,11-16,20,23,29H,10,17-19,21-22H2,1-3H3,(H,37,41)/t29-/m0/s1. The van der Waals surface area contributed by atoms with E-state index in [4.69, 9.17) is 0 Å². The summed E-state index contributed by atoms with van der Waals surface area (Å²) in [6.45, 7) is 3.69. The average molecular weight is 636 g/mol. The summed E-state index contributed by atoms with van der Waals surface area (Å²) in [5.41, 5.74) is -0.228. The van der Waals surface area contributed by atoms with Gasteiger partial charge in [-0.25, -0.2) is 12.8 Å². The lowest BCUT2D eigenvalue weighted by Gasteiger charge is -2.32. The molecule has 0 heterocycles. The Labute approximate surface area is 255 Å². The van der Waals surface area contributed by atoms with E-state index in [9.17, 15) is 35.6 Å². The number of hydrogen-bond acceptors (Lipinski definition) is 4. The third-order valence-electron chi connectivity index (χ3n) is 6.87. The van der Waals surface area contributed by atoms with E-state index in [1.54, 1.807) is 18.2 Å². The highest BCUT2D eigenvalue weighted by Gasteiger charge is 2.33. The van der Waals surface area contributed by atoms with Crippen LogP contribution < -0.4 is 9.62 Å². The van der Waals surface area contributed by atoms with Gasteiger partial charge in [-0.15, -0.1) is 0 Å². The molecule has 0 bridgehead atoms. The van der Waals surface area contributed by atoms with Crippen LogP contribution >= 0.6 is 0 Å². The minimum absolute atomic E-state index is 0.0679. The van der Waals surface area contributed by atoms with Gasteiger partial charge >= 0.3 is 6.18 Å². The first-order valence-corrected chi connectivity index (χ1v) is 16.0. The number of rotatable bonds is 14. The van der Waals surface area contributed by atoms with E-state index >= 15 is 0 Å². The van der Waals surface area contributed by atoms with Crippen LogP contribution in [0.25, 0.3) is 0 Å².